The molecule has 2 heterocycles. The van der Waals surface area contributed by atoms with Crippen molar-refractivity contribution in [3.8, 4) is 0 Å². The summed E-state index contributed by atoms with van der Waals surface area (Å²) < 4.78 is 39.0. The summed E-state index contributed by atoms with van der Waals surface area (Å²) in [5.41, 5.74) is 0.754. The lowest BCUT2D eigenvalue weighted by Crippen LogP contribution is -2.54. The van der Waals surface area contributed by atoms with Gasteiger partial charge >= 0.3 is 6.18 Å². The molecule has 144 valence electrons. The maximum Gasteiger partial charge on any atom is 0.439 e. The van der Waals surface area contributed by atoms with E-state index in [4.69, 9.17) is 0 Å². The molecule has 1 aliphatic carbocycles. The van der Waals surface area contributed by atoms with Gasteiger partial charge in [-0.3, -0.25) is 19.5 Å². The maximum atomic E-state index is 13.0. The summed E-state index contributed by atoms with van der Waals surface area (Å²) in [4.78, 5) is 31.1. The molecule has 1 aromatic carbocycles. The summed E-state index contributed by atoms with van der Waals surface area (Å²) in [5, 5.41) is -0.819. The van der Waals surface area contributed by atoms with E-state index in [0.717, 1.165) is 19.3 Å². The van der Waals surface area contributed by atoms with Gasteiger partial charge in [0.25, 0.3) is 11.8 Å². The Labute approximate surface area is 159 Å². The van der Waals surface area contributed by atoms with Gasteiger partial charge in [0.05, 0.1) is 17.2 Å². The van der Waals surface area contributed by atoms with Crippen LogP contribution in [0.2, 0.25) is 0 Å². The van der Waals surface area contributed by atoms with Crippen molar-refractivity contribution in [3.63, 3.8) is 0 Å². The number of rotatable bonds is 3. The standard InChI is InChI=1S/C19H19F3N2O2S/c1-10-14(9-27-18(23-10)19(20,21)22)15(11-5-4-6-11)24-16(25)12-7-2-3-8-13(12)17(24)26/h2-3,7-8,10-11,14-15H,4-6,9H2,1H3/t10-,14-,15?/m1/s1. The van der Waals surface area contributed by atoms with E-state index < -0.39 is 23.3 Å². The Morgan fingerprint density at radius 1 is 1.15 bits per heavy atom. The van der Waals surface area contributed by atoms with E-state index in [2.05, 4.69) is 4.99 Å². The van der Waals surface area contributed by atoms with E-state index in [1.807, 2.05) is 0 Å². The van der Waals surface area contributed by atoms with Crippen LogP contribution in [-0.2, 0) is 0 Å². The van der Waals surface area contributed by atoms with E-state index in [-0.39, 0.29) is 29.4 Å². The summed E-state index contributed by atoms with van der Waals surface area (Å²) in [7, 11) is 0. The lowest BCUT2D eigenvalue weighted by molar-refractivity contribution is -0.0563. The van der Waals surface area contributed by atoms with E-state index >= 15 is 0 Å². The third kappa shape index (κ3) is 3.07. The highest BCUT2D eigenvalue weighted by atomic mass is 32.2. The van der Waals surface area contributed by atoms with Crippen molar-refractivity contribution in [1.82, 2.24) is 4.90 Å². The SMILES string of the molecule is C[C@H]1N=C(C(F)(F)F)SC[C@H]1C(C1CCC1)N1C(=O)c2ccccc2C1=O. The van der Waals surface area contributed by atoms with Crippen molar-refractivity contribution in [2.75, 3.05) is 5.75 Å². The number of nitrogens with zero attached hydrogens (tertiary/aromatic N) is 2. The number of fused-ring (bicyclic) bond motifs is 1. The molecule has 8 heteroatoms. The molecular formula is C19H19F3N2O2S. The van der Waals surface area contributed by atoms with Gasteiger partial charge in [-0.15, -0.1) is 11.8 Å². The highest BCUT2D eigenvalue weighted by molar-refractivity contribution is 8.14. The van der Waals surface area contributed by atoms with Crippen LogP contribution >= 0.6 is 11.8 Å². The van der Waals surface area contributed by atoms with E-state index in [9.17, 15) is 22.8 Å². The topological polar surface area (TPSA) is 49.7 Å². The molecule has 0 aromatic heterocycles. The van der Waals surface area contributed by atoms with Gasteiger partial charge in [0.1, 0.15) is 0 Å². The highest BCUT2D eigenvalue weighted by Gasteiger charge is 2.50. The average Bonchev–Trinajstić information content (AvgIpc) is 2.82. The summed E-state index contributed by atoms with van der Waals surface area (Å²) in [6, 6.07) is 5.68. The molecule has 0 spiro atoms. The minimum absolute atomic E-state index is 0.128. The van der Waals surface area contributed by atoms with Gasteiger partial charge in [0, 0.05) is 17.7 Å². The number of hydrogen-bond acceptors (Lipinski definition) is 4. The van der Waals surface area contributed by atoms with Crippen LogP contribution in [0, 0.1) is 11.8 Å². The molecule has 2 amide bonds. The van der Waals surface area contributed by atoms with Gasteiger partial charge < -0.3 is 0 Å². The summed E-state index contributed by atoms with van der Waals surface area (Å²) >= 11 is 0.683. The molecule has 1 unspecified atom stereocenters. The maximum absolute atomic E-state index is 13.0. The monoisotopic (exact) mass is 396 g/mol. The second kappa shape index (κ2) is 6.65. The van der Waals surface area contributed by atoms with Crippen LogP contribution in [0.4, 0.5) is 13.2 Å². The van der Waals surface area contributed by atoms with Crippen LogP contribution in [0.3, 0.4) is 0 Å². The first-order valence-electron chi connectivity index (χ1n) is 9.03. The van der Waals surface area contributed by atoms with Gasteiger partial charge in [-0.05, 0) is 37.8 Å². The predicted octanol–water partition coefficient (Wildman–Crippen LogP) is 4.16. The molecule has 3 aliphatic rings. The van der Waals surface area contributed by atoms with E-state index in [0.29, 0.717) is 22.9 Å². The summed E-state index contributed by atoms with van der Waals surface area (Å²) in [6.45, 7) is 1.65. The van der Waals surface area contributed by atoms with Gasteiger partial charge in [-0.1, -0.05) is 18.6 Å². The van der Waals surface area contributed by atoms with Crippen molar-refractivity contribution >= 4 is 28.6 Å². The third-order valence-corrected chi connectivity index (χ3v) is 6.95. The van der Waals surface area contributed by atoms with Crippen molar-refractivity contribution in [1.29, 1.82) is 0 Å². The Bertz CT molecular complexity index is 784. The van der Waals surface area contributed by atoms with Gasteiger partial charge in [-0.2, -0.15) is 13.2 Å². The minimum Gasteiger partial charge on any atom is -0.271 e. The zero-order valence-electron chi connectivity index (χ0n) is 14.7. The number of halogens is 3. The van der Waals surface area contributed by atoms with Crippen LogP contribution in [0.15, 0.2) is 29.3 Å². The fraction of sp³-hybridized carbons (Fsp3) is 0.526. The van der Waals surface area contributed by atoms with Crippen LogP contribution in [0.1, 0.15) is 46.9 Å². The largest absolute Gasteiger partial charge is 0.439 e. The first kappa shape index (κ1) is 18.5. The molecule has 27 heavy (non-hydrogen) atoms. The molecule has 0 bridgehead atoms. The number of carbonyl (C=O) groups is 2. The lowest BCUT2D eigenvalue weighted by atomic mass is 9.73. The number of thioether (sulfide) groups is 1. The number of amides is 2. The van der Waals surface area contributed by atoms with E-state index in [1.54, 1.807) is 31.2 Å². The number of aliphatic imine (C=N–C) groups is 1. The number of benzene rings is 1. The molecule has 1 fully saturated rings. The molecule has 2 aliphatic heterocycles. The van der Waals surface area contributed by atoms with Crippen LogP contribution < -0.4 is 0 Å². The lowest BCUT2D eigenvalue weighted by Gasteiger charge is -2.45. The zero-order valence-corrected chi connectivity index (χ0v) is 15.5. The molecule has 1 saturated carbocycles. The second-order valence-corrected chi connectivity index (χ2v) is 8.36. The Kier molecular flexibility index (Phi) is 4.56. The van der Waals surface area contributed by atoms with Crippen molar-refractivity contribution in [2.24, 2.45) is 16.8 Å². The Hall–Kier alpha value is -1.83. The van der Waals surface area contributed by atoms with Gasteiger partial charge in [-0.25, -0.2) is 0 Å². The number of alkyl halides is 3. The fourth-order valence-corrected chi connectivity index (χ4v) is 5.41. The van der Waals surface area contributed by atoms with Crippen LogP contribution in [0.25, 0.3) is 0 Å². The molecule has 1 aromatic rings. The number of carbonyl (C=O) groups excluding carboxylic acids is 2. The van der Waals surface area contributed by atoms with Crippen molar-refractivity contribution < 1.29 is 22.8 Å². The van der Waals surface area contributed by atoms with Gasteiger partial charge in [0.2, 0.25) is 0 Å². The van der Waals surface area contributed by atoms with E-state index in [1.165, 1.54) is 4.90 Å². The van der Waals surface area contributed by atoms with Crippen molar-refractivity contribution in [2.45, 2.75) is 44.4 Å². The fourth-order valence-electron chi connectivity index (χ4n) is 4.18. The van der Waals surface area contributed by atoms with Gasteiger partial charge in [0.15, 0.2) is 5.04 Å². The Morgan fingerprint density at radius 2 is 1.74 bits per heavy atom. The molecular weight excluding hydrogens is 377 g/mol. The Morgan fingerprint density at radius 3 is 2.19 bits per heavy atom. The summed E-state index contributed by atoms with van der Waals surface area (Å²) in [6.07, 6.45) is -1.69. The molecule has 4 rings (SSSR count). The molecule has 3 atom stereocenters. The normalized spacial score (nSPS) is 27.3. The van der Waals surface area contributed by atoms with Crippen LogP contribution in [0.5, 0.6) is 0 Å². The molecule has 0 radical (unpaired) electrons. The first-order valence-corrected chi connectivity index (χ1v) is 10.0. The highest BCUT2D eigenvalue weighted by Crippen LogP contribution is 2.43. The second-order valence-electron chi connectivity index (χ2n) is 7.35. The minimum atomic E-state index is -4.45. The quantitative estimate of drug-likeness (QED) is 0.721. The van der Waals surface area contributed by atoms with Crippen molar-refractivity contribution in [3.05, 3.63) is 35.4 Å². The Balaban J connectivity index is 1.67. The molecule has 0 saturated heterocycles. The van der Waals surface area contributed by atoms with Crippen LogP contribution in [-0.4, -0.2) is 45.8 Å². The smallest absolute Gasteiger partial charge is 0.271 e. The predicted molar refractivity (Wildman–Crippen MR) is 97.0 cm³/mol. The number of imide groups is 1. The average molecular weight is 396 g/mol. The third-order valence-electron chi connectivity index (χ3n) is 5.79. The zero-order chi connectivity index (χ0) is 19.3. The summed E-state index contributed by atoms with van der Waals surface area (Å²) in [5.74, 6) is -0.629. The number of hydrogen-bond donors (Lipinski definition) is 0. The molecule has 0 N–H and O–H groups in total. The molecule has 4 nitrogen and oxygen atoms in total. The first-order chi connectivity index (χ1) is 12.8.